The van der Waals surface area contributed by atoms with E-state index in [0.717, 1.165) is 22.8 Å². The van der Waals surface area contributed by atoms with Crippen molar-refractivity contribution in [1.29, 1.82) is 0 Å². The second-order valence-electron chi connectivity index (χ2n) is 11.1. The van der Waals surface area contributed by atoms with Crippen molar-refractivity contribution in [3.8, 4) is 0 Å². The van der Waals surface area contributed by atoms with Gasteiger partial charge in [-0.15, -0.1) is 11.8 Å². The lowest BCUT2D eigenvalue weighted by Crippen LogP contribution is -2.52. The molecule has 3 aromatic carbocycles. The number of nitrogens with zero attached hydrogens (tertiary/aromatic N) is 1. The van der Waals surface area contributed by atoms with Gasteiger partial charge in [0.1, 0.15) is 6.04 Å². The summed E-state index contributed by atoms with van der Waals surface area (Å²) in [6.07, 6.45) is 1.83. The standard InChI is InChI=1S/C31H33N3O4S/c1-30-14-15-31(39-30)25(24(30)27(36)32-19-20-8-3-2-4-9-20)29(38)34(16-7-17-35)26(31)28(37)33-23-13-12-21-10-5-6-11-22(21)18-23/h2-6,8-13,18,24-26,35H,7,14-17,19H2,1H3,(H,32,36)(H,33,37)/t24-,25+,26?,30+,31?/m1/s1. The van der Waals surface area contributed by atoms with Gasteiger partial charge in [0.25, 0.3) is 0 Å². The van der Waals surface area contributed by atoms with E-state index in [-0.39, 0.29) is 30.9 Å². The minimum atomic E-state index is -0.716. The van der Waals surface area contributed by atoms with Crippen molar-refractivity contribution < 1.29 is 19.5 Å². The van der Waals surface area contributed by atoms with Crippen LogP contribution < -0.4 is 10.6 Å². The molecule has 3 aliphatic heterocycles. The third kappa shape index (κ3) is 4.30. The van der Waals surface area contributed by atoms with Crippen molar-refractivity contribution in [1.82, 2.24) is 10.2 Å². The van der Waals surface area contributed by atoms with Gasteiger partial charge < -0.3 is 20.6 Å². The molecule has 0 radical (unpaired) electrons. The zero-order chi connectivity index (χ0) is 27.2. The highest BCUT2D eigenvalue weighted by molar-refractivity contribution is 8.02. The number of rotatable bonds is 8. The molecule has 3 amide bonds. The summed E-state index contributed by atoms with van der Waals surface area (Å²) in [7, 11) is 0. The molecule has 2 unspecified atom stereocenters. The van der Waals surface area contributed by atoms with Gasteiger partial charge in [0.2, 0.25) is 17.7 Å². The van der Waals surface area contributed by atoms with Crippen LogP contribution in [0.3, 0.4) is 0 Å². The average molecular weight is 544 g/mol. The van der Waals surface area contributed by atoms with Gasteiger partial charge in [-0.3, -0.25) is 14.4 Å². The third-order valence-corrected chi connectivity index (χ3v) is 10.7. The molecule has 39 heavy (non-hydrogen) atoms. The van der Waals surface area contributed by atoms with Crippen LogP contribution in [-0.2, 0) is 20.9 Å². The highest BCUT2D eigenvalue weighted by Gasteiger charge is 2.76. The van der Waals surface area contributed by atoms with Gasteiger partial charge >= 0.3 is 0 Å². The number of hydrogen-bond acceptors (Lipinski definition) is 5. The highest BCUT2D eigenvalue weighted by atomic mass is 32.2. The van der Waals surface area contributed by atoms with E-state index in [0.29, 0.717) is 25.1 Å². The minimum Gasteiger partial charge on any atom is -0.396 e. The summed E-state index contributed by atoms with van der Waals surface area (Å²) >= 11 is 1.65. The van der Waals surface area contributed by atoms with Crippen molar-refractivity contribution in [2.24, 2.45) is 11.8 Å². The predicted octanol–water partition coefficient (Wildman–Crippen LogP) is 3.96. The maximum Gasteiger partial charge on any atom is 0.248 e. The van der Waals surface area contributed by atoms with Crippen LogP contribution in [0.1, 0.15) is 31.7 Å². The average Bonchev–Trinajstić information content (AvgIpc) is 3.51. The van der Waals surface area contributed by atoms with Crippen molar-refractivity contribution in [3.05, 3.63) is 78.4 Å². The molecule has 0 aliphatic carbocycles. The Balaban J connectivity index is 1.30. The fourth-order valence-corrected chi connectivity index (χ4v) is 9.34. The molecule has 3 fully saturated rings. The van der Waals surface area contributed by atoms with E-state index in [9.17, 15) is 19.5 Å². The molecule has 7 nitrogen and oxygen atoms in total. The number of aliphatic hydroxyl groups excluding tert-OH is 1. The van der Waals surface area contributed by atoms with E-state index < -0.39 is 27.4 Å². The number of carbonyl (C=O) groups is 3. The molecule has 5 atom stereocenters. The fourth-order valence-electron chi connectivity index (χ4n) is 6.98. The van der Waals surface area contributed by atoms with Gasteiger partial charge in [0, 0.05) is 30.1 Å². The lowest BCUT2D eigenvalue weighted by atomic mass is 9.66. The normalized spacial score (nSPS) is 29.0. The summed E-state index contributed by atoms with van der Waals surface area (Å²) in [5.41, 5.74) is 1.67. The Labute approximate surface area is 232 Å². The van der Waals surface area contributed by atoms with E-state index in [1.807, 2.05) is 72.8 Å². The lowest BCUT2D eigenvalue weighted by Gasteiger charge is -2.34. The fraction of sp³-hybridized carbons (Fsp3) is 0.387. The molecular weight excluding hydrogens is 510 g/mol. The number of aliphatic hydroxyl groups is 1. The van der Waals surface area contributed by atoms with Crippen LogP contribution in [0.5, 0.6) is 0 Å². The summed E-state index contributed by atoms with van der Waals surface area (Å²) in [5.74, 6) is -1.63. The smallest absolute Gasteiger partial charge is 0.248 e. The number of fused-ring (bicyclic) bond motifs is 2. The number of thioether (sulfide) groups is 1. The molecule has 0 aromatic heterocycles. The Morgan fingerprint density at radius 2 is 1.74 bits per heavy atom. The largest absolute Gasteiger partial charge is 0.396 e. The number of anilines is 1. The minimum absolute atomic E-state index is 0.0771. The van der Waals surface area contributed by atoms with Gasteiger partial charge in [0.15, 0.2) is 0 Å². The second-order valence-corrected chi connectivity index (χ2v) is 13.0. The lowest BCUT2D eigenvalue weighted by molar-refractivity contribution is -0.140. The monoisotopic (exact) mass is 543 g/mol. The van der Waals surface area contributed by atoms with E-state index in [1.165, 1.54) is 0 Å². The summed E-state index contributed by atoms with van der Waals surface area (Å²) < 4.78 is -1.11. The van der Waals surface area contributed by atoms with Crippen LogP contribution >= 0.6 is 11.8 Å². The molecule has 202 valence electrons. The maximum absolute atomic E-state index is 14.0. The Hall–Kier alpha value is -3.36. The molecule has 3 N–H and O–H groups in total. The van der Waals surface area contributed by atoms with Crippen LogP contribution in [0, 0.1) is 11.8 Å². The molecule has 3 aliphatic rings. The van der Waals surface area contributed by atoms with E-state index in [1.54, 1.807) is 16.7 Å². The van der Waals surface area contributed by atoms with Gasteiger partial charge in [-0.25, -0.2) is 0 Å². The first-order chi connectivity index (χ1) is 18.9. The van der Waals surface area contributed by atoms with Crippen molar-refractivity contribution in [2.75, 3.05) is 18.5 Å². The zero-order valence-corrected chi connectivity index (χ0v) is 22.7. The topological polar surface area (TPSA) is 98.7 Å². The SMILES string of the molecule is C[C@@]12CCC3(S1)C(C(=O)Nc1ccc4ccccc4c1)N(CCCO)C(=O)[C@@H]3[C@@H]2C(=O)NCc1ccccc1. The number of hydrogen-bond donors (Lipinski definition) is 3. The molecule has 1 spiro atoms. The second kappa shape index (κ2) is 9.99. The number of amides is 3. The van der Waals surface area contributed by atoms with Crippen LogP contribution in [0.25, 0.3) is 10.8 Å². The van der Waals surface area contributed by atoms with E-state index in [2.05, 4.69) is 17.6 Å². The molecule has 8 heteroatoms. The van der Waals surface area contributed by atoms with Crippen LogP contribution in [0.2, 0.25) is 0 Å². The number of benzene rings is 3. The van der Waals surface area contributed by atoms with E-state index in [4.69, 9.17) is 0 Å². The molecule has 2 bridgehead atoms. The molecule has 3 heterocycles. The summed E-state index contributed by atoms with van der Waals surface area (Å²) in [6, 6.07) is 22.8. The van der Waals surface area contributed by atoms with Crippen LogP contribution in [0.15, 0.2) is 72.8 Å². The van der Waals surface area contributed by atoms with E-state index >= 15 is 0 Å². The number of nitrogens with one attached hydrogen (secondary N) is 2. The summed E-state index contributed by atoms with van der Waals surface area (Å²) in [5, 5.41) is 17.8. The van der Waals surface area contributed by atoms with Crippen molar-refractivity contribution in [3.63, 3.8) is 0 Å². The van der Waals surface area contributed by atoms with Gasteiger partial charge in [-0.05, 0) is 54.7 Å². The molecule has 3 aromatic rings. The zero-order valence-electron chi connectivity index (χ0n) is 21.9. The first-order valence-corrected chi connectivity index (χ1v) is 14.4. The molecule has 6 rings (SSSR count). The number of likely N-dealkylation sites (tertiary alicyclic amines) is 1. The van der Waals surface area contributed by atoms with Crippen molar-refractivity contribution in [2.45, 2.75) is 48.3 Å². The number of carbonyl (C=O) groups excluding carboxylic acids is 3. The van der Waals surface area contributed by atoms with Crippen LogP contribution in [-0.4, -0.2) is 56.4 Å². The molecule has 0 saturated carbocycles. The highest BCUT2D eigenvalue weighted by Crippen LogP contribution is 2.71. The quantitative estimate of drug-likeness (QED) is 0.400. The Morgan fingerprint density at radius 1 is 1.00 bits per heavy atom. The molecular formula is C31H33N3O4S. The maximum atomic E-state index is 14.0. The predicted molar refractivity (Wildman–Crippen MR) is 153 cm³/mol. The third-order valence-electron chi connectivity index (χ3n) is 8.69. The molecule has 3 saturated heterocycles. The first-order valence-electron chi connectivity index (χ1n) is 13.6. The first kappa shape index (κ1) is 25.9. The Morgan fingerprint density at radius 3 is 2.51 bits per heavy atom. The van der Waals surface area contributed by atoms with Gasteiger partial charge in [0.05, 0.1) is 16.6 Å². The van der Waals surface area contributed by atoms with Gasteiger partial charge in [-0.2, -0.15) is 0 Å². The van der Waals surface area contributed by atoms with Crippen molar-refractivity contribution >= 4 is 45.9 Å². The van der Waals surface area contributed by atoms with Gasteiger partial charge in [-0.1, -0.05) is 60.7 Å². The summed E-state index contributed by atoms with van der Waals surface area (Å²) in [4.78, 5) is 43.3. The Bertz CT molecular complexity index is 1430. The van der Waals surface area contributed by atoms with Crippen LogP contribution in [0.4, 0.5) is 5.69 Å². The summed E-state index contributed by atoms with van der Waals surface area (Å²) in [6.45, 7) is 2.66. The Kier molecular flexibility index (Phi) is 6.63.